The molecule has 0 aromatic carbocycles. The summed E-state index contributed by atoms with van der Waals surface area (Å²) >= 11 is 0. The van der Waals surface area contributed by atoms with E-state index < -0.39 is 0 Å². The zero-order chi connectivity index (χ0) is 15.9. The standard InChI is InChI=1S/C17H27N3O2/c1-3-15(8-11-21)19-17(22)14-6-9-20(10-7-14)16-5-4-13(2)12-18-16/h4-5,12,14-15,21H,3,6-11H2,1-2H3,(H,19,22). The molecule has 1 aliphatic rings. The Bertz CT molecular complexity index is 467. The van der Waals surface area contributed by atoms with Crippen molar-refractivity contribution >= 4 is 11.7 Å². The lowest BCUT2D eigenvalue weighted by Gasteiger charge is -2.32. The summed E-state index contributed by atoms with van der Waals surface area (Å²) in [5.41, 5.74) is 1.16. The Morgan fingerprint density at radius 1 is 1.45 bits per heavy atom. The summed E-state index contributed by atoms with van der Waals surface area (Å²) in [5, 5.41) is 12.1. The Kier molecular flexibility index (Phi) is 6.19. The molecule has 0 bridgehead atoms. The average molecular weight is 305 g/mol. The summed E-state index contributed by atoms with van der Waals surface area (Å²) in [6.45, 7) is 5.92. The van der Waals surface area contributed by atoms with Gasteiger partial charge in [-0.1, -0.05) is 13.0 Å². The van der Waals surface area contributed by atoms with Gasteiger partial charge in [-0.2, -0.15) is 0 Å². The number of aryl methyl sites for hydroxylation is 1. The highest BCUT2D eigenvalue weighted by Crippen LogP contribution is 2.22. The van der Waals surface area contributed by atoms with E-state index in [1.165, 1.54) is 0 Å². The van der Waals surface area contributed by atoms with Gasteiger partial charge in [0.05, 0.1) is 0 Å². The van der Waals surface area contributed by atoms with E-state index in [9.17, 15) is 4.79 Å². The fraction of sp³-hybridized carbons (Fsp3) is 0.647. The number of hydrogen-bond donors (Lipinski definition) is 2. The van der Waals surface area contributed by atoms with Gasteiger partial charge in [0, 0.05) is 37.9 Å². The van der Waals surface area contributed by atoms with E-state index in [1.54, 1.807) is 0 Å². The Balaban J connectivity index is 1.83. The molecular formula is C17H27N3O2. The molecule has 5 nitrogen and oxygen atoms in total. The fourth-order valence-corrected chi connectivity index (χ4v) is 2.87. The molecule has 122 valence electrons. The van der Waals surface area contributed by atoms with Gasteiger partial charge in [0.1, 0.15) is 5.82 Å². The first-order valence-corrected chi connectivity index (χ1v) is 8.23. The van der Waals surface area contributed by atoms with Crippen molar-refractivity contribution in [3.8, 4) is 0 Å². The fourth-order valence-electron chi connectivity index (χ4n) is 2.87. The number of anilines is 1. The quantitative estimate of drug-likeness (QED) is 0.842. The normalized spacial score (nSPS) is 17.3. The number of rotatable bonds is 6. The number of aliphatic hydroxyl groups is 1. The van der Waals surface area contributed by atoms with Gasteiger partial charge in [0.15, 0.2) is 0 Å². The van der Waals surface area contributed by atoms with Gasteiger partial charge in [-0.15, -0.1) is 0 Å². The summed E-state index contributed by atoms with van der Waals surface area (Å²) in [5.74, 6) is 1.21. The number of nitrogens with zero attached hydrogens (tertiary/aromatic N) is 2. The van der Waals surface area contributed by atoms with Crippen LogP contribution < -0.4 is 10.2 Å². The Hall–Kier alpha value is -1.62. The number of hydrogen-bond acceptors (Lipinski definition) is 4. The van der Waals surface area contributed by atoms with Gasteiger partial charge in [-0.05, 0) is 44.2 Å². The van der Waals surface area contributed by atoms with Crippen molar-refractivity contribution in [3.63, 3.8) is 0 Å². The van der Waals surface area contributed by atoms with Crippen molar-refractivity contribution in [1.29, 1.82) is 0 Å². The van der Waals surface area contributed by atoms with Crippen molar-refractivity contribution in [2.75, 3.05) is 24.6 Å². The molecule has 1 aliphatic heterocycles. The summed E-state index contributed by atoms with van der Waals surface area (Å²) in [4.78, 5) is 19.0. The zero-order valence-corrected chi connectivity index (χ0v) is 13.6. The van der Waals surface area contributed by atoms with Crippen LogP contribution in [0.1, 0.15) is 38.2 Å². The number of pyridine rings is 1. The topological polar surface area (TPSA) is 65.5 Å². The predicted octanol–water partition coefficient (Wildman–Crippen LogP) is 1.88. The molecule has 1 amide bonds. The molecule has 1 unspecified atom stereocenters. The van der Waals surface area contributed by atoms with Crippen LogP contribution in [-0.4, -0.2) is 41.7 Å². The lowest BCUT2D eigenvalue weighted by Crippen LogP contribution is -2.44. The van der Waals surface area contributed by atoms with Crippen molar-refractivity contribution in [2.45, 2.75) is 45.6 Å². The van der Waals surface area contributed by atoms with E-state index in [2.05, 4.69) is 21.3 Å². The van der Waals surface area contributed by atoms with Crippen LogP contribution in [0.5, 0.6) is 0 Å². The van der Waals surface area contributed by atoms with Gasteiger partial charge < -0.3 is 15.3 Å². The number of nitrogens with one attached hydrogen (secondary N) is 1. The van der Waals surface area contributed by atoms with E-state index >= 15 is 0 Å². The Labute approximate surface area is 132 Å². The number of amides is 1. The smallest absolute Gasteiger partial charge is 0.223 e. The monoisotopic (exact) mass is 305 g/mol. The molecule has 22 heavy (non-hydrogen) atoms. The van der Waals surface area contributed by atoms with Gasteiger partial charge >= 0.3 is 0 Å². The lowest BCUT2D eigenvalue weighted by atomic mass is 9.95. The lowest BCUT2D eigenvalue weighted by molar-refractivity contribution is -0.126. The van der Waals surface area contributed by atoms with Gasteiger partial charge in [0.25, 0.3) is 0 Å². The zero-order valence-electron chi connectivity index (χ0n) is 13.6. The van der Waals surface area contributed by atoms with Crippen LogP contribution in [0, 0.1) is 12.8 Å². The molecule has 0 saturated carbocycles. The van der Waals surface area contributed by atoms with Crippen LogP contribution in [0.2, 0.25) is 0 Å². The van der Waals surface area contributed by atoms with E-state index in [1.807, 2.05) is 26.1 Å². The van der Waals surface area contributed by atoms with Crippen molar-refractivity contribution in [2.24, 2.45) is 5.92 Å². The number of aliphatic hydroxyl groups excluding tert-OH is 1. The van der Waals surface area contributed by atoms with Crippen molar-refractivity contribution in [3.05, 3.63) is 23.9 Å². The van der Waals surface area contributed by atoms with Gasteiger partial charge in [-0.25, -0.2) is 4.98 Å². The molecule has 2 N–H and O–H groups in total. The number of piperidine rings is 1. The minimum Gasteiger partial charge on any atom is -0.396 e. The maximum atomic E-state index is 12.3. The van der Waals surface area contributed by atoms with Crippen LogP contribution in [0.15, 0.2) is 18.3 Å². The molecular weight excluding hydrogens is 278 g/mol. The average Bonchev–Trinajstić information content (AvgIpc) is 2.55. The maximum Gasteiger partial charge on any atom is 0.223 e. The van der Waals surface area contributed by atoms with Crippen LogP contribution in [0.4, 0.5) is 5.82 Å². The molecule has 0 spiro atoms. The van der Waals surface area contributed by atoms with E-state index in [0.717, 1.165) is 43.7 Å². The number of aromatic nitrogens is 1. The molecule has 1 aromatic rings. The molecule has 2 heterocycles. The van der Waals surface area contributed by atoms with Gasteiger partial charge in [0.2, 0.25) is 5.91 Å². The summed E-state index contributed by atoms with van der Waals surface area (Å²) in [6, 6.07) is 4.21. The Morgan fingerprint density at radius 3 is 2.73 bits per heavy atom. The molecule has 0 radical (unpaired) electrons. The van der Waals surface area contributed by atoms with Gasteiger partial charge in [-0.3, -0.25) is 4.79 Å². The molecule has 2 rings (SSSR count). The van der Waals surface area contributed by atoms with Crippen LogP contribution in [0.25, 0.3) is 0 Å². The highest BCUT2D eigenvalue weighted by Gasteiger charge is 2.26. The third-order valence-corrected chi connectivity index (χ3v) is 4.40. The molecule has 1 atom stereocenters. The second kappa shape index (κ2) is 8.13. The minimum absolute atomic E-state index is 0.0782. The molecule has 0 aliphatic carbocycles. The third-order valence-electron chi connectivity index (χ3n) is 4.40. The first kappa shape index (κ1) is 16.7. The first-order chi connectivity index (χ1) is 10.6. The minimum atomic E-state index is 0.0782. The highest BCUT2D eigenvalue weighted by molar-refractivity contribution is 5.79. The second-order valence-electron chi connectivity index (χ2n) is 6.08. The number of carbonyl (C=O) groups excluding carboxylic acids is 1. The summed E-state index contributed by atoms with van der Waals surface area (Å²) in [7, 11) is 0. The van der Waals surface area contributed by atoms with Crippen molar-refractivity contribution in [1.82, 2.24) is 10.3 Å². The molecule has 1 aromatic heterocycles. The molecule has 1 fully saturated rings. The second-order valence-corrected chi connectivity index (χ2v) is 6.08. The predicted molar refractivity (Wildman–Crippen MR) is 87.8 cm³/mol. The largest absolute Gasteiger partial charge is 0.396 e. The van der Waals surface area contributed by atoms with Crippen LogP contribution in [-0.2, 0) is 4.79 Å². The number of carbonyl (C=O) groups is 1. The molecule has 5 heteroatoms. The molecule has 1 saturated heterocycles. The van der Waals surface area contributed by atoms with Crippen LogP contribution in [0.3, 0.4) is 0 Å². The maximum absolute atomic E-state index is 12.3. The van der Waals surface area contributed by atoms with Crippen molar-refractivity contribution < 1.29 is 9.90 Å². The van der Waals surface area contributed by atoms with E-state index in [4.69, 9.17) is 5.11 Å². The highest BCUT2D eigenvalue weighted by atomic mass is 16.3. The SMILES string of the molecule is CCC(CCO)NC(=O)C1CCN(c2ccc(C)cn2)CC1. The summed E-state index contributed by atoms with van der Waals surface area (Å²) < 4.78 is 0. The third kappa shape index (κ3) is 4.44. The Morgan fingerprint density at radius 2 is 2.18 bits per heavy atom. The summed E-state index contributed by atoms with van der Waals surface area (Å²) in [6.07, 6.45) is 5.09. The first-order valence-electron chi connectivity index (χ1n) is 8.23. The van der Waals surface area contributed by atoms with E-state index in [0.29, 0.717) is 6.42 Å². The van der Waals surface area contributed by atoms with E-state index in [-0.39, 0.29) is 24.5 Å². The van der Waals surface area contributed by atoms with Crippen LogP contribution >= 0.6 is 0 Å².